The van der Waals surface area contributed by atoms with Crippen molar-refractivity contribution in [2.24, 2.45) is 0 Å². The second kappa shape index (κ2) is 6.59. The van der Waals surface area contributed by atoms with Gasteiger partial charge in [0.2, 0.25) is 5.91 Å². The molecule has 1 heterocycles. The molecule has 1 amide bonds. The van der Waals surface area contributed by atoms with Crippen molar-refractivity contribution in [1.29, 1.82) is 0 Å². The highest BCUT2D eigenvalue weighted by molar-refractivity contribution is 5.93. The zero-order valence-corrected chi connectivity index (χ0v) is 10.8. The normalized spacial score (nSPS) is 10.1. The Morgan fingerprint density at radius 3 is 2.63 bits per heavy atom. The molecule has 1 aromatic carbocycles. The standard InChI is InChI=1S/C16H17NO2/c1-2-12-17(14-7-4-3-5-8-14)16(18)11-10-15-9-6-13-19-15/h2-9,13H,1,10-12H2. The molecule has 3 nitrogen and oxygen atoms in total. The monoisotopic (exact) mass is 255 g/mol. The van der Waals surface area contributed by atoms with E-state index in [1.807, 2.05) is 42.5 Å². The molecule has 0 bridgehead atoms. The van der Waals surface area contributed by atoms with E-state index in [0.29, 0.717) is 19.4 Å². The van der Waals surface area contributed by atoms with E-state index >= 15 is 0 Å². The lowest BCUT2D eigenvalue weighted by atomic mass is 10.2. The molecule has 98 valence electrons. The number of carbonyl (C=O) groups excluding carboxylic acids is 1. The lowest BCUT2D eigenvalue weighted by Crippen LogP contribution is -2.31. The highest BCUT2D eigenvalue weighted by atomic mass is 16.3. The highest BCUT2D eigenvalue weighted by Gasteiger charge is 2.14. The fourth-order valence-corrected chi connectivity index (χ4v) is 1.91. The minimum absolute atomic E-state index is 0.0718. The van der Waals surface area contributed by atoms with Crippen molar-refractivity contribution in [3.63, 3.8) is 0 Å². The number of nitrogens with zero attached hydrogens (tertiary/aromatic N) is 1. The average Bonchev–Trinajstić information content (AvgIpc) is 2.96. The molecule has 0 saturated carbocycles. The maximum absolute atomic E-state index is 12.3. The van der Waals surface area contributed by atoms with Crippen LogP contribution in [0, 0.1) is 0 Å². The Hall–Kier alpha value is -2.29. The number of hydrogen-bond acceptors (Lipinski definition) is 2. The molecular formula is C16H17NO2. The van der Waals surface area contributed by atoms with Crippen LogP contribution in [-0.4, -0.2) is 12.5 Å². The summed E-state index contributed by atoms with van der Waals surface area (Å²) in [5.74, 6) is 0.905. The molecule has 2 rings (SSSR count). The third kappa shape index (κ3) is 3.58. The Bertz CT molecular complexity index is 517. The van der Waals surface area contributed by atoms with Crippen molar-refractivity contribution in [1.82, 2.24) is 0 Å². The van der Waals surface area contributed by atoms with Gasteiger partial charge >= 0.3 is 0 Å². The van der Waals surface area contributed by atoms with Crippen LogP contribution in [0.25, 0.3) is 0 Å². The number of para-hydroxylation sites is 1. The quantitative estimate of drug-likeness (QED) is 0.741. The van der Waals surface area contributed by atoms with E-state index in [1.54, 1.807) is 17.2 Å². The van der Waals surface area contributed by atoms with Crippen LogP contribution in [-0.2, 0) is 11.2 Å². The molecule has 0 N–H and O–H groups in total. The predicted molar refractivity (Wildman–Crippen MR) is 76.0 cm³/mol. The van der Waals surface area contributed by atoms with E-state index in [9.17, 15) is 4.79 Å². The number of furan rings is 1. The van der Waals surface area contributed by atoms with Gasteiger partial charge in [-0.25, -0.2) is 0 Å². The summed E-state index contributed by atoms with van der Waals surface area (Å²) >= 11 is 0. The predicted octanol–water partition coefficient (Wildman–Crippen LogP) is 3.43. The smallest absolute Gasteiger partial charge is 0.227 e. The number of rotatable bonds is 6. The maximum atomic E-state index is 12.3. The third-order valence-electron chi connectivity index (χ3n) is 2.85. The molecule has 0 saturated heterocycles. The molecule has 0 spiro atoms. The largest absolute Gasteiger partial charge is 0.469 e. The maximum Gasteiger partial charge on any atom is 0.227 e. The molecule has 1 aromatic heterocycles. The Morgan fingerprint density at radius 1 is 1.21 bits per heavy atom. The number of carbonyl (C=O) groups is 1. The molecule has 0 aliphatic carbocycles. The van der Waals surface area contributed by atoms with Crippen LogP contribution >= 0.6 is 0 Å². The minimum atomic E-state index is 0.0718. The molecule has 3 heteroatoms. The number of hydrogen-bond donors (Lipinski definition) is 0. The number of anilines is 1. The highest BCUT2D eigenvalue weighted by Crippen LogP contribution is 2.15. The SMILES string of the molecule is C=CCN(C(=O)CCc1ccco1)c1ccccc1. The van der Waals surface area contributed by atoms with Crippen LogP contribution in [0.1, 0.15) is 12.2 Å². The molecule has 0 fully saturated rings. The van der Waals surface area contributed by atoms with Crippen LogP contribution in [0.3, 0.4) is 0 Å². The van der Waals surface area contributed by atoms with E-state index in [-0.39, 0.29) is 5.91 Å². The summed E-state index contributed by atoms with van der Waals surface area (Å²) in [6.45, 7) is 4.22. The lowest BCUT2D eigenvalue weighted by molar-refractivity contribution is -0.118. The van der Waals surface area contributed by atoms with Crippen molar-refractivity contribution >= 4 is 11.6 Å². The third-order valence-corrected chi connectivity index (χ3v) is 2.85. The van der Waals surface area contributed by atoms with Gasteiger partial charge in [0.15, 0.2) is 0 Å². The fourth-order valence-electron chi connectivity index (χ4n) is 1.91. The van der Waals surface area contributed by atoms with Crippen molar-refractivity contribution in [3.05, 3.63) is 67.1 Å². The van der Waals surface area contributed by atoms with Gasteiger partial charge in [-0.3, -0.25) is 4.79 Å². The Balaban J connectivity index is 2.02. The fraction of sp³-hybridized carbons (Fsp3) is 0.188. The molecular weight excluding hydrogens is 238 g/mol. The Morgan fingerprint density at radius 2 is 2.00 bits per heavy atom. The van der Waals surface area contributed by atoms with E-state index in [0.717, 1.165) is 11.4 Å². The summed E-state index contributed by atoms with van der Waals surface area (Å²) in [6, 6.07) is 13.3. The number of amides is 1. The van der Waals surface area contributed by atoms with Gasteiger partial charge < -0.3 is 9.32 Å². The van der Waals surface area contributed by atoms with Crippen LogP contribution in [0.2, 0.25) is 0 Å². The number of aryl methyl sites for hydroxylation is 1. The molecule has 2 aromatic rings. The first-order valence-corrected chi connectivity index (χ1v) is 6.30. The summed E-state index contributed by atoms with van der Waals surface area (Å²) in [5.41, 5.74) is 0.895. The second-order valence-electron chi connectivity index (χ2n) is 4.21. The van der Waals surface area contributed by atoms with Crippen LogP contribution in [0.15, 0.2) is 65.8 Å². The van der Waals surface area contributed by atoms with Gasteiger partial charge in [0, 0.05) is 25.1 Å². The van der Waals surface area contributed by atoms with Crippen molar-refractivity contribution in [2.45, 2.75) is 12.8 Å². The first kappa shape index (κ1) is 13.1. The van der Waals surface area contributed by atoms with Crippen molar-refractivity contribution in [2.75, 3.05) is 11.4 Å². The molecule has 0 atom stereocenters. The van der Waals surface area contributed by atoms with Gasteiger partial charge in [-0.1, -0.05) is 24.3 Å². The zero-order chi connectivity index (χ0) is 13.5. The molecule has 0 aliphatic rings. The molecule has 0 radical (unpaired) electrons. The first-order chi connectivity index (χ1) is 9.31. The molecule has 0 unspecified atom stereocenters. The van der Waals surface area contributed by atoms with Gasteiger partial charge in [-0.05, 0) is 24.3 Å². The van der Waals surface area contributed by atoms with Gasteiger partial charge in [-0.15, -0.1) is 6.58 Å². The van der Waals surface area contributed by atoms with Crippen LogP contribution in [0.5, 0.6) is 0 Å². The summed E-state index contributed by atoms with van der Waals surface area (Å²) < 4.78 is 5.24. The van der Waals surface area contributed by atoms with Crippen LogP contribution in [0.4, 0.5) is 5.69 Å². The van der Waals surface area contributed by atoms with E-state index < -0.39 is 0 Å². The lowest BCUT2D eigenvalue weighted by Gasteiger charge is -2.21. The van der Waals surface area contributed by atoms with Gasteiger partial charge in [-0.2, -0.15) is 0 Å². The van der Waals surface area contributed by atoms with E-state index in [1.165, 1.54) is 0 Å². The first-order valence-electron chi connectivity index (χ1n) is 6.30. The van der Waals surface area contributed by atoms with Crippen LogP contribution < -0.4 is 4.90 Å². The van der Waals surface area contributed by atoms with E-state index in [4.69, 9.17) is 4.42 Å². The Labute approximate surface area is 113 Å². The summed E-state index contributed by atoms with van der Waals surface area (Å²) in [5, 5.41) is 0. The minimum Gasteiger partial charge on any atom is -0.469 e. The average molecular weight is 255 g/mol. The summed E-state index contributed by atoms with van der Waals surface area (Å²) in [6.07, 6.45) is 4.40. The summed E-state index contributed by atoms with van der Waals surface area (Å²) in [4.78, 5) is 14.0. The van der Waals surface area contributed by atoms with Crippen molar-refractivity contribution < 1.29 is 9.21 Å². The van der Waals surface area contributed by atoms with Crippen molar-refractivity contribution in [3.8, 4) is 0 Å². The number of benzene rings is 1. The Kier molecular flexibility index (Phi) is 4.56. The van der Waals surface area contributed by atoms with Gasteiger partial charge in [0.05, 0.1) is 6.26 Å². The topological polar surface area (TPSA) is 33.5 Å². The zero-order valence-electron chi connectivity index (χ0n) is 10.8. The second-order valence-corrected chi connectivity index (χ2v) is 4.21. The van der Waals surface area contributed by atoms with E-state index in [2.05, 4.69) is 6.58 Å². The van der Waals surface area contributed by atoms with Gasteiger partial charge in [0.25, 0.3) is 0 Å². The molecule has 19 heavy (non-hydrogen) atoms. The van der Waals surface area contributed by atoms with Gasteiger partial charge in [0.1, 0.15) is 5.76 Å². The summed E-state index contributed by atoms with van der Waals surface area (Å²) in [7, 11) is 0. The molecule has 0 aliphatic heterocycles.